The van der Waals surface area contributed by atoms with E-state index in [9.17, 15) is 0 Å². The Labute approximate surface area is 130 Å². The second kappa shape index (κ2) is 7.07. The number of nitrogens with zero attached hydrogens (tertiary/aromatic N) is 4. The molecule has 1 unspecified atom stereocenters. The number of tetrazole rings is 1. The van der Waals surface area contributed by atoms with Crippen molar-refractivity contribution in [2.75, 3.05) is 19.7 Å². The Morgan fingerprint density at radius 1 is 1.43 bits per heavy atom. The molecule has 0 radical (unpaired) electrons. The van der Waals surface area contributed by atoms with Crippen molar-refractivity contribution in [2.24, 2.45) is 0 Å². The van der Waals surface area contributed by atoms with Crippen LogP contribution in [0.15, 0.2) is 5.16 Å². The molecule has 1 atom stereocenters. The second-order valence-corrected chi connectivity index (χ2v) is 7.28. The highest BCUT2D eigenvalue weighted by atomic mass is 32.2. The molecule has 1 spiro atoms. The fourth-order valence-electron chi connectivity index (χ4n) is 3.38. The van der Waals surface area contributed by atoms with Gasteiger partial charge >= 0.3 is 0 Å². The molecular formula is C14H25N5OS. The summed E-state index contributed by atoms with van der Waals surface area (Å²) in [5, 5.41) is 17.0. The average Bonchev–Trinajstić information content (AvgIpc) is 3.10. The van der Waals surface area contributed by atoms with Gasteiger partial charge in [0.2, 0.25) is 5.16 Å². The highest BCUT2D eigenvalue weighted by Gasteiger charge is 2.40. The summed E-state index contributed by atoms with van der Waals surface area (Å²) in [5.74, 6) is 0. The summed E-state index contributed by atoms with van der Waals surface area (Å²) in [7, 11) is 0. The minimum absolute atomic E-state index is 0.165. The summed E-state index contributed by atoms with van der Waals surface area (Å²) in [4.78, 5) is 0. The third-order valence-electron chi connectivity index (χ3n) is 4.48. The average molecular weight is 311 g/mol. The zero-order valence-electron chi connectivity index (χ0n) is 12.8. The van der Waals surface area contributed by atoms with Crippen molar-refractivity contribution in [3.63, 3.8) is 0 Å². The normalized spacial score (nSPS) is 24.7. The SMILES string of the molecule is CCNCCn1nnnc1SC1CCOC2(CCCC2)C1. The molecule has 0 amide bonds. The lowest BCUT2D eigenvalue weighted by Gasteiger charge is -2.37. The third-order valence-corrected chi connectivity index (χ3v) is 5.72. The molecule has 1 N–H and O–H groups in total. The molecule has 1 saturated heterocycles. The molecular weight excluding hydrogens is 286 g/mol. The first kappa shape index (κ1) is 15.2. The quantitative estimate of drug-likeness (QED) is 0.809. The number of nitrogens with one attached hydrogen (secondary N) is 1. The van der Waals surface area contributed by atoms with Crippen molar-refractivity contribution >= 4 is 11.8 Å². The molecule has 2 aliphatic rings. The van der Waals surface area contributed by atoms with E-state index in [0.29, 0.717) is 5.25 Å². The molecule has 6 nitrogen and oxygen atoms in total. The van der Waals surface area contributed by atoms with Crippen LogP contribution >= 0.6 is 11.8 Å². The first-order chi connectivity index (χ1) is 10.3. The van der Waals surface area contributed by atoms with Crippen molar-refractivity contribution in [2.45, 2.75) is 68.0 Å². The molecule has 1 saturated carbocycles. The van der Waals surface area contributed by atoms with Crippen molar-refractivity contribution in [1.82, 2.24) is 25.5 Å². The van der Waals surface area contributed by atoms with Gasteiger partial charge in [-0.15, -0.1) is 5.10 Å². The van der Waals surface area contributed by atoms with Crippen LogP contribution in [-0.2, 0) is 11.3 Å². The summed E-state index contributed by atoms with van der Waals surface area (Å²) >= 11 is 1.84. The van der Waals surface area contributed by atoms with Crippen LogP contribution < -0.4 is 5.32 Å². The van der Waals surface area contributed by atoms with Gasteiger partial charge in [0.25, 0.3) is 0 Å². The third kappa shape index (κ3) is 3.76. The van der Waals surface area contributed by atoms with Gasteiger partial charge in [-0.3, -0.25) is 0 Å². The molecule has 2 fully saturated rings. The van der Waals surface area contributed by atoms with E-state index < -0.39 is 0 Å². The highest BCUT2D eigenvalue weighted by molar-refractivity contribution is 7.99. The van der Waals surface area contributed by atoms with Crippen molar-refractivity contribution in [1.29, 1.82) is 0 Å². The molecule has 1 aliphatic carbocycles. The largest absolute Gasteiger partial charge is 0.375 e. The van der Waals surface area contributed by atoms with Gasteiger partial charge in [0, 0.05) is 18.4 Å². The van der Waals surface area contributed by atoms with Gasteiger partial charge < -0.3 is 10.1 Å². The van der Waals surface area contributed by atoms with E-state index in [4.69, 9.17) is 4.74 Å². The molecule has 1 aromatic heterocycles. The van der Waals surface area contributed by atoms with E-state index in [1.54, 1.807) is 0 Å². The lowest BCUT2D eigenvalue weighted by atomic mass is 9.92. The maximum absolute atomic E-state index is 6.10. The number of rotatable bonds is 6. The number of hydrogen-bond donors (Lipinski definition) is 1. The summed E-state index contributed by atoms with van der Waals surface area (Å²) in [6.45, 7) is 5.71. The van der Waals surface area contributed by atoms with E-state index in [1.165, 1.54) is 25.7 Å². The number of hydrogen-bond acceptors (Lipinski definition) is 6. The zero-order chi connectivity index (χ0) is 14.5. The molecule has 7 heteroatoms. The van der Waals surface area contributed by atoms with Crippen LogP contribution in [0.25, 0.3) is 0 Å². The Bertz CT molecular complexity index is 446. The van der Waals surface area contributed by atoms with Crippen LogP contribution in [-0.4, -0.2) is 50.8 Å². The van der Waals surface area contributed by atoms with Gasteiger partial charge in [-0.25, -0.2) is 4.68 Å². The highest BCUT2D eigenvalue weighted by Crippen LogP contribution is 2.43. The first-order valence-electron chi connectivity index (χ1n) is 8.09. The lowest BCUT2D eigenvalue weighted by Crippen LogP contribution is -2.38. The Morgan fingerprint density at radius 2 is 2.29 bits per heavy atom. The van der Waals surface area contributed by atoms with Crippen LogP contribution in [0.2, 0.25) is 0 Å². The fraction of sp³-hybridized carbons (Fsp3) is 0.929. The summed E-state index contributed by atoms with van der Waals surface area (Å²) in [6, 6.07) is 0. The Morgan fingerprint density at radius 3 is 3.10 bits per heavy atom. The standard InChI is InChI=1S/C14H25N5OS/c1-2-15-8-9-19-13(16-17-18-19)21-12-5-10-20-14(11-12)6-3-4-7-14/h12,15H,2-11H2,1H3. The lowest BCUT2D eigenvalue weighted by molar-refractivity contribution is -0.0704. The van der Waals surface area contributed by atoms with Crippen LogP contribution in [0.1, 0.15) is 45.4 Å². The predicted octanol–water partition coefficient (Wildman–Crippen LogP) is 1.87. The molecule has 1 aliphatic heterocycles. The Balaban J connectivity index is 1.57. The smallest absolute Gasteiger partial charge is 0.209 e. The van der Waals surface area contributed by atoms with Crippen molar-refractivity contribution in [3.05, 3.63) is 0 Å². The van der Waals surface area contributed by atoms with Gasteiger partial charge in [0.15, 0.2) is 0 Å². The monoisotopic (exact) mass is 311 g/mol. The number of likely N-dealkylation sites (N-methyl/N-ethyl adjacent to an activating group) is 1. The minimum Gasteiger partial charge on any atom is -0.375 e. The van der Waals surface area contributed by atoms with Crippen molar-refractivity contribution < 1.29 is 4.74 Å². The van der Waals surface area contributed by atoms with Gasteiger partial charge in [-0.05, 0) is 42.7 Å². The molecule has 118 valence electrons. The summed E-state index contributed by atoms with van der Waals surface area (Å²) < 4.78 is 8.02. The Kier molecular flexibility index (Phi) is 5.13. The van der Waals surface area contributed by atoms with Crippen LogP contribution in [0.4, 0.5) is 0 Å². The van der Waals surface area contributed by atoms with Crippen LogP contribution in [0.3, 0.4) is 0 Å². The van der Waals surface area contributed by atoms with Gasteiger partial charge in [-0.1, -0.05) is 31.5 Å². The molecule has 0 bridgehead atoms. The zero-order valence-corrected chi connectivity index (χ0v) is 13.6. The Hall–Kier alpha value is -0.660. The summed E-state index contributed by atoms with van der Waals surface area (Å²) in [6.07, 6.45) is 7.35. The number of ether oxygens (including phenoxy) is 1. The van der Waals surface area contributed by atoms with Gasteiger partial charge in [0.1, 0.15) is 0 Å². The van der Waals surface area contributed by atoms with Gasteiger partial charge in [0.05, 0.1) is 12.1 Å². The van der Waals surface area contributed by atoms with E-state index in [2.05, 4.69) is 27.8 Å². The van der Waals surface area contributed by atoms with E-state index in [1.807, 2.05) is 16.4 Å². The number of aromatic nitrogens is 4. The van der Waals surface area contributed by atoms with Crippen LogP contribution in [0.5, 0.6) is 0 Å². The molecule has 0 aromatic carbocycles. The molecule has 1 aromatic rings. The maximum Gasteiger partial charge on any atom is 0.209 e. The molecule has 3 rings (SSSR count). The number of thioether (sulfide) groups is 1. The van der Waals surface area contributed by atoms with Crippen molar-refractivity contribution in [3.8, 4) is 0 Å². The predicted molar refractivity (Wildman–Crippen MR) is 82.4 cm³/mol. The second-order valence-electron chi connectivity index (χ2n) is 6.01. The van der Waals surface area contributed by atoms with E-state index >= 15 is 0 Å². The molecule has 2 heterocycles. The topological polar surface area (TPSA) is 64.9 Å². The summed E-state index contributed by atoms with van der Waals surface area (Å²) in [5.41, 5.74) is 0.165. The minimum atomic E-state index is 0.165. The van der Waals surface area contributed by atoms with Gasteiger partial charge in [-0.2, -0.15) is 0 Å². The fourth-order valence-corrected chi connectivity index (χ4v) is 4.62. The van der Waals surface area contributed by atoms with E-state index in [-0.39, 0.29) is 5.60 Å². The van der Waals surface area contributed by atoms with Crippen LogP contribution in [0, 0.1) is 0 Å². The maximum atomic E-state index is 6.10. The van der Waals surface area contributed by atoms with E-state index in [0.717, 1.165) is 44.2 Å². The first-order valence-corrected chi connectivity index (χ1v) is 8.97. The molecule has 21 heavy (non-hydrogen) atoms.